The number of carbonyl (C=O) groups excluding carboxylic acids is 1. The van der Waals surface area contributed by atoms with Gasteiger partial charge in [0, 0.05) is 16.8 Å². The van der Waals surface area contributed by atoms with Gasteiger partial charge in [-0.2, -0.15) is 12.6 Å². The Hall–Kier alpha value is -3.12. The van der Waals surface area contributed by atoms with E-state index in [9.17, 15) is 9.90 Å². The van der Waals surface area contributed by atoms with Crippen molar-refractivity contribution >= 4 is 53.3 Å². The van der Waals surface area contributed by atoms with E-state index in [1.54, 1.807) is 6.92 Å². The first-order valence-electron chi connectivity index (χ1n) is 14.9. The van der Waals surface area contributed by atoms with Crippen LogP contribution in [0.4, 0.5) is 0 Å². The molecule has 1 aliphatic carbocycles. The van der Waals surface area contributed by atoms with Gasteiger partial charge in [-0.1, -0.05) is 85.3 Å². The van der Waals surface area contributed by atoms with Gasteiger partial charge in [0.05, 0.1) is 23.9 Å². The molecule has 0 amide bonds. The van der Waals surface area contributed by atoms with Gasteiger partial charge in [-0.25, -0.2) is 4.98 Å². The highest BCUT2D eigenvalue weighted by Crippen LogP contribution is 2.29. The second-order valence-corrected chi connectivity index (χ2v) is 12.1. The Kier molecular flexibility index (Phi) is 13.8. The van der Waals surface area contributed by atoms with Crippen LogP contribution in [0.3, 0.4) is 0 Å². The van der Waals surface area contributed by atoms with Crippen LogP contribution in [0.2, 0.25) is 5.02 Å². The summed E-state index contributed by atoms with van der Waals surface area (Å²) in [5.74, 6) is 1.95. The summed E-state index contributed by atoms with van der Waals surface area (Å²) in [7, 11) is 1.38. The van der Waals surface area contributed by atoms with Crippen LogP contribution in [0.5, 0.6) is 0 Å². The molecule has 1 aromatic heterocycles. The van der Waals surface area contributed by atoms with E-state index in [4.69, 9.17) is 16.6 Å². The number of carbonyl (C=O) groups is 1. The number of halogens is 1. The van der Waals surface area contributed by atoms with E-state index in [0.717, 1.165) is 58.7 Å². The summed E-state index contributed by atoms with van der Waals surface area (Å²) in [6, 6.07) is 26.7. The fourth-order valence-electron chi connectivity index (χ4n) is 4.50. The van der Waals surface area contributed by atoms with Crippen molar-refractivity contribution in [1.29, 1.82) is 0 Å². The first-order chi connectivity index (χ1) is 20.6. The summed E-state index contributed by atoms with van der Waals surface area (Å²) in [6.45, 7) is 5.45. The summed E-state index contributed by atoms with van der Waals surface area (Å²) in [5, 5.41) is 12.2. The SMILES string of the molecule is CC(C)(O)c1ccccc1CCCc1cccc(/C=C/c2ccc3ccc(Cl)cc3n2)c1.CCC(=O)OC.SCC1CC1. The minimum Gasteiger partial charge on any atom is -0.469 e. The van der Waals surface area contributed by atoms with Gasteiger partial charge in [-0.3, -0.25) is 4.79 Å². The predicted octanol–water partition coefficient (Wildman–Crippen LogP) is 9.36. The molecule has 3 aromatic carbocycles. The molecule has 1 heterocycles. The molecule has 0 bridgehead atoms. The lowest BCUT2D eigenvalue weighted by molar-refractivity contribution is -0.140. The van der Waals surface area contributed by atoms with E-state index in [1.165, 1.54) is 31.1 Å². The van der Waals surface area contributed by atoms with E-state index in [1.807, 2.05) is 62.4 Å². The van der Waals surface area contributed by atoms with Crippen LogP contribution in [0.15, 0.2) is 78.9 Å². The fraction of sp³-hybridized carbons (Fsp3) is 0.351. The molecule has 1 saturated carbocycles. The average Bonchev–Trinajstić information content (AvgIpc) is 3.85. The molecule has 1 aliphatic rings. The van der Waals surface area contributed by atoms with Gasteiger partial charge in [-0.05, 0) is 104 Å². The number of esters is 1. The number of ether oxygens (including phenoxy) is 1. The van der Waals surface area contributed by atoms with Crippen LogP contribution in [0.25, 0.3) is 23.1 Å². The largest absolute Gasteiger partial charge is 0.469 e. The molecule has 0 unspecified atom stereocenters. The molecule has 228 valence electrons. The molecule has 43 heavy (non-hydrogen) atoms. The first kappa shape index (κ1) is 34.4. The van der Waals surface area contributed by atoms with Crippen molar-refractivity contribution in [2.75, 3.05) is 12.9 Å². The number of thiol groups is 1. The van der Waals surface area contributed by atoms with Gasteiger partial charge in [0.25, 0.3) is 0 Å². The summed E-state index contributed by atoms with van der Waals surface area (Å²) in [4.78, 5) is 14.7. The number of benzene rings is 3. The summed E-state index contributed by atoms with van der Waals surface area (Å²) in [6.07, 6.45) is 10.5. The Morgan fingerprint density at radius 3 is 2.40 bits per heavy atom. The molecule has 4 nitrogen and oxygen atoms in total. The highest BCUT2D eigenvalue weighted by molar-refractivity contribution is 7.80. The number of rotatable bonds is 9. The van der Waals surface area contributed by atoms with Gasteiger partial charge < -0.3 is 9.84 Å². The molecule has 0 spiro atoms. The molecular weight excluding hydrogens is 574 g/mol. The topological polar surface area (TPSA) is 59.4 Å². The summed E-state index contributed by atoms with van der Waals surface area (Å²) >= 11 is 10.2. The zero-order valence-electron chi connectivity index (χ0n) is 25.7. The maximum absolute atomic E-state index is 10.4. The predicted molar refractivity (Wildman–Crippen MR) is 185 cm³/mol. The second-order valence-electron chi connectivity index (χ2n) is 11.3. The average molecular weight is 618 g/mol. The van der Waals surface area contributed by atoms with Crippen molar-refractivity contribution in [3.05, 3.63) is 112 Å². The highest BCUT2D eigenvalue weighted by Gasteiger charge is 2.19. The van der Waals surface area contributed by atoms with Crippen molar-refractivity contribution in [2.45, 2.75) is 64.9 Å². The third kappa shape index (κ3) is 12.2. The molecule has 5 rings (SSSR count). The zero-order valence-corrected chi connectivity index (χ0v) is 27.4. The molecule has 1 fully saturated rings. The third-order valence-electron chi connectivity index (χ3n) is 7.13. The van der Waals surface area contributed by atoms with Crippen molar-refractivity contribution in [3.63, 3.8) is 0 Å². The van der Waals surface area contributed by atoms with E-state index >= 15 is 0 Å². The third-order valence-corrected chi connectivity index (χ3v) is 7.88. The van der Waals surface area contributed by atoms with E-state index in [-0.39, 0.29) is 5.97 Å². The number of hydrogen-bond donors (Lipinski definition) is 2. The molecule has 0 aliphatic heterocycles. The normalized spacial score (nSPS) is 12.7. The van der Waals surface area contributed by atoms with Gasteiger partial charge in [0.1, 0.15) is 0 Å². The monoisotopic (exact) mass is 617 g/mol. The van der Waals surface area contributed by atoms with Crippen LogP contribution < -0.4 is 0 Å². The molecule has 0 radical (unpaired) electrons. The molecule has 0 saturated heterocycles. The lowest BCUT2D eigenvalue weighted by Crippen LogP contribution is -2.18. The molecule has 4 aromatic rings. The van der Waals surface area contributed by atoms with Crippen molar-refractivity contribution < 1.29 is 14.6 Å². The Bertz CT molecular complexity index is 1480. The highest BCUT2D eigenvalue weighted by atomic mass is 35.5. The first-order valence-corrected chi connectivity index (χ1v) is 16.0. The lowest BCUT2D eigenvalue weighted by Gasteiger charge is -2.21. The smallest absolute Gasteiger partial charge is 0.305 e. The number of aryl methyl sites for hydroxylation is 2. The van der Waals surface area contributed by atoms with Crippen molar-refractivity contribution in [3.8, 4) is 0 Å². The van der Waals surface area contributed by atoms with Crippen LogP contribution >= 0.6 is 24.2 Å². The maximum atomic E-state index is 10.4. The minimum atomic E-state index is -0.816. The molecular formula is C37H44ClNO3S. The van der Waals surface area contributed by atoms with Gasteiger partial charge in [0.15, 0.2) is 0 Å². The van der Waals surface area contributed by atoms with E-state index < -0.39 is 5.60 Å². The minimum absolute atomic E-state index is 0.157. The Labute approximate surface area is 267 Å². The number of hydrogen-bond acceptors (Lipinski definition) is 5. The van der Waals surface area contributed by atoms with Crippen LogP contribution in [-0.4, -0.2) is 28.9 Å². The summed E-state index contributed by atoms with van der Waals surface area (Å²) in [5.41, 5.74) is 5.70. The Morgan fingerprint density at radius 2 is 1.77 bits per heavy atom. The Morgan fingerprint density at radius 1 is 1.02 bits per heavy atom. The van der Waals surface area contributed by atoms with Crippen LogP contribution in [0.1, 0.15) is 74.4 Å². The quantitative estimate of drug-likeness (QED) is 0.145. The zero-order chi connectivity index (χ0) is 31.2. The van der Waals surface area contributed by atoms with Gasteiger partial charge in [0.2, 0.25) is 0 Å². The fourth-order valence-corrected chi connectivity index (χ4v) is 5.03. The van der Waals surface area contributed by atoms with Gasteiger partial charge in [-0.15, -0.1) is 0 Å². The lowest BCUT2D eigenvalue weighted by atomic mass is 9.90. The number of aromatic nitrogens is 1. The van der Waals surface area contributed by atoms with Crippen LogP contribution in [0, 0.1) is 5.92 Å². The van der Waals surface area contributed by atoms with Crippen LogP contribution in [-0.2, 0) is 28.0 Å². The van der Waals surface area contributed by atoms with Gasteiger partial charge >= 0.3 is 5.97 Å². The molecule has 6 heteroatoms. The number of methoxy groups -OCH3 is 1. The summed E-state index contributed by atoms with van der Waals surface area (Å²) < 4.78 is 4.26. The number of nitrogens with zero attached hydrogens (tertiary/aromatic N) is 1. The number of fused-ring (bicyclic) bond motifs is 1. The maximum Gasteiger partial charge on any atom is 0.305 e. The Balaban J connectivity index is 0.000000388. The standard InChI is InChI=1S/C29H28ClNO.C4H8O2.C4H8S/c1-29(2,32)27-12-4-3-10-23(27)11-6-9-21-7-5-8-22(19-21)13-17-26-18-15-24-14-16-25(30)20-28(24)31-26;1-3-4(5)6-2;5-3-4-1-2-4/h3-5,7-8,10,12-20,32H,6,9,11H2,1-2H3;3H2,1-2H3;4-5H,1-3H2/b17-13+;;. The van der Waals surface area contributed by atoms with Crippen molar-refractivity contribution in [2.24, 2.45) is 5.92 Å². The van der Waals surface area contributed by atoms with E-state index in [0.29, 0.717) is 11.4 Å². The molecule has 1 N–H and O–H groups in total. The van der Waals surface area contributed by atoms with Crippen molar-refractivity contribution in [1.82, 2.24) is 4.98 Å². The number of pyridine rings is 1. The molecule has 0 atom stereocenters. The number of aliphatic hydroxyl groups is 1. The van der Waals surface area contributed by atoms with E-state index in [2.05, 4.69) is 59.8 Å². The second kappa shape index (κ2) is 17.2.